The number of aryl methyl sites for hydroxylation is 2. The van der Waals surface area contributed by atoms with E-state index in [-0.39, 0.29) is 17.9 Å². The molecule has 0 spiro atoms. The monoisotopic (exact) mass is 300 g/mol. The summed E-state index contributed by atoms with van der Waals surface area (Å²) in [6.07, 6.45) is -0.00994. The van der Waals surface area contributed by atoms with E-state index in [1.807, 2.05) is 0 Å². The fourth-order valence-corrected chi connectivity index (χ4v) is 3.55. The van der Waals surface area contributed by atoms with Gasteiger partial charge >= 0.3 is 0 Å². The second-order valence-electron chi connectivity index (χ2n) is 4.63. The first-order chi connectivity index (χ1) is 9.20. The summed E-state index contributed by atoms with van der Waals surface area (Å²) < 4.78 is 31.3. The van der Waals surface area contributed by atoms with Crippen molar-refractivity contribution in [1.29, 1.82) is 0 Å². The Morgan fingerprint density at radius 2 is 1.80 bits per heavy atom. The van der Waals surface area contributed by atoms with Gasteiger partial charge in [-0.2, -0.15) is 0 Å². The molecule has 6 nitrogen and oxygen atoms in total. The van der Waals surface area contributed by atoms with E-state index < -0.39 is 15.9 Å². The fourth-order valence-electron chi connectivity index (χ4n) is 1.98. The molecule has 0 aliphatic carbocycles. The zero-order valence-corrected chi connectivity index (χ0v) is 13.0. The summed E-state index contributed by atoms with van der Waals surface area (Å²) in [6, 6.07) is 3.34. The molecule has 0 saturated carbocycles. The van der Waals surface area contributed by atoms with E-state index in [0.717, 1.165) is 4.31 Å². The van der Waals surface area contributed by atoms with Crippen LogP contribution in [0, 0.1) is 13.8 Å². The number of hydrogen-bond acceptors (Lipinski definition) is 4. The predicted molar refractivity (Wildman–Crippen MR) is 76.1 cm³/mol. The molecule has 20 heavy (non-hydrogen) atoms. The third kappa shape index (κ3) is 3.49. The maximum atomic E-state index is 12.5. The van der Waals surface area contributed by atoms with Crippen LogP contribution in [-0.4, -0.2) is 39.3 Å². The molecule has 7 heteroatoms. The lowest BCUT2D eigenvalue weighted by Gasteiger charge is -2.20. The van der Waals surface area contributed by atoms with Crippen LogP contribution in [0.3, 0.4) is 0 Å². The van der Waals surface area contributed by atoms with E-state index >= 15 is 0 Å². The number of nitrogens with two attached hydrogens (primary N) is 1. The van der Waals surface area contributed by atoms with Gasteiger partial charge in [-0.25, -0.2) is 12.7 Å². The maximum Gasteiger partial charge on any atom is 0.243 e. The Kier molecular flexibility index (Phi) is 5.13. The number of amides is 1. The van der Waals surface area contributed by atoms with Gasteiger partial charge in [-0.3, -0.25) is 4.79 Å². The van der Waals surface area contributed by atoms with Crippen molar-refractivity contribution in [1.82, 2.24) is 4.31 Å². The normalized spacial score (nSPS) is 11.7. The van der Waals surface area contributed by atoms with Gasteiger partial charge in [0.25, 0.3) is 0 Å². The molecule has 0 aliphatic heterocycles. The smallest absolute Gasteiger partial charge is 0.243 e. The Balaban J connectivity index is 3.19. The third-order valence-corrected chi connectivity index (χ3v) is 5.17. The second-order valence-corrected chi connectivity index (χ2v) is 6.61. The predicted octanol–water partition coefficient (Wildman–Crippen LogP) is 0.808. The van der Waals surface area contributed by atoms with Gasteiger partial charge < -0.3 is 10.5 Å². The molecule has 0 saturated heterocycles. The number of carbonyl (C=O) groups excluding carboxylic acids is 1. The molecule has 0 atom stereocenters. The average molecular weight is 300 g/mol. The molecule has 1 aromatic rings. The topological polar surface area (TPSA) is 89.7 Å². The molecule has 112 valence electrons. The highest BCUT2D eigenvalue weighted by molar-refractivity contribution is 7.89. The van der Waals surface area contributed by atoms with Crippen molar-refractivity contribution < 1.29 is 17.9 Å². The summed E-state index contributed by atoms with van der Waals surface area (Å²) in [5.41, 5.74) is 6.25. The van der Waals surface area contributed by atoms with E-state index in [0.29, 0.717) is 16.9 Å². The van der Waals surface area contributed by atoms with Crippen LogP contribution in [0.25, 0.3) is 0 Å². The largest absolute Gasteiger partial charge is 0.497 e. The number of carbonyl (C=O) groups is 1. The third-order valence-electron chi connectivity index (χ3n) is 3.01. The number of benzene rings is 1. The Labute approximate surface area is 119 Å². The fraction of sp³-hybridized carbons (Fsp3) is 0.462. The number of rotatable bonds is 6. The Hall–Kier alpha value is -1.60. The molecule has 2 N–H and O–H groups in total. The Morgan fingerprint density at radius 1 is 1.30 bits per heavy atom. The summed E-state index contributed by atoms with van der Waals surface area (Å²) >= 11 is 0. The summed E-state index contributed by atoms with van der Waals surface area (Å²) in [6.45, 7) is 3.48. The molecular formula is C13H20N2O4S. The van der Waals surface area contributed by atoms with Crippen molar-refractivity contribution in [3.8, 4) is 5.75 Å². The van der Waals surface area contributed by atoms with E-state index in [4.69, 9.17) is 10.5 Å². The summed E-state index contributed by atoms with van der Waals surface area (Å²) in [4.78, 5) is 11.0. The van der Waals surface area contributed by atoms with Crippen molar-refractivity contribution in [3.63, 3.8) is 0 Å². The van der Waals surface area contributed by atoms with E-state index in [1.54, 1.807) is 26.0 Å². The maximum absolute atomic E-state index is 12.5. The lowest BCUT2D eigenvalue weighted by molar-refractivity contribution is -0.118. The van der Waals surface area contributed by atoms with Crippen LogP contribution < -0.4 is 10.5 Å². The number of sulfonamides is 1. The van der Waals surface area contributed by atoms with E-state index in [2.05, 4.69) is 0 Å². The number of primary amides is 1. The standard InChI is InChI=1S/C13H20N2O4S/c1-9-7-11(19-4)8-10(2)13(9)20(17,18)15(3)6-5-12(14)16/h7-8H,5-6H2,1-4H3,(H2,14,16). The second kappa shape index (κ2) is 6.23. The highest BCUT2D eigenvalue weighted by atomic mass is 32.2. The van der Waals surface area contributed by atoms with Gasteiger partial charge in [-0.1, -0.05) is 0 Å². The SMILES string of the molecule is COc1cc(C)c(S(=O)(=O)N(C)CCC(N)=O)c(C)c1. The van der Waals surface area contributed by atoms with Gasteiger partial charge in [0, 0.05) is 20.0 Å². The van der Waals surface area contributed by atoms with Gasteiger partial charge in [0.2, 0.25) is 15.9 Å². The van der Waals surface area contributed by atoms with E-state index in [9.17, 15) is 13.2 Å². The summed E-state index contributed by atoms with van der Waals surface area (Å²) in [5, 5.41) is 0. The highest BCUT2D eigenvalue weighted by Gasteiger charge is 2.25. The molecule has 0 bridgehead atoms. The first-order valence-electron chi connectivity index (χ1n) is 6.10. The van der Waals surface area contributed by atoms with Gasteiger partial charge in [0.1, 0.15) is 5.75 Å². The van der Waals surface area contributed by atoms with Gasteiger partial charge in [0.15, 0.2) is 0 Å². The van der Waals surface area contributed by atoms with Crippen LogP contribution in [0.15, 0.2) is 17.0 Å². The molecular weight excluding hydrogens is 280 g/mol. The Bertz CT molecular complexity index is 588. The zero-order chi connectivity index (χ0) is 15.5. The van der Waals surface area contributed by atoms with Crippen molar-refractivity contribution in [2.75, 3.05) is 20.7 Å². The molecule has 0 fully saturated rings. The first-order valence-corrected chi connectivity index (χ1v) is 7.54. The highest BCUT2D eigenvalue weighted by Crippen LogP contribution is 2.27. The van der Waals surface area contributed by atoms with Crippen molar-refractivity contribution >= 4 is 15.9 Å². The quantitative estimate of drug-likeness (QED) is 0.841. The molecule has 0 heterocycles. The first kappa shape index (κ1) is 16.5. The van der Waals surface area contributed by atoms with Crippen LogP contribution in [-0.2, 0) is 14.8 Å². The molecule has 0 aliphatic rings. The van der Waals surface area contributed by atoms with Gasteiger partial charge in [-0.15, -0.1) is 0 Å². The van der Waals surface area contributed by atoms with Gasteiger partial charge in [0.05, 0.1) is 12.0 Å². The van der Waals surface area contributed by atoms with Crippen molar-refractivity contribution in [2.24, 2.45) is 5.73 Å². The molecule has 0 radical (unpaired) electrons. The minimum absolute atomic E-state index is 0.00994. The number of hydrogen-bond donors (Lipinski definition) is 1. The van der Waals surface area contributed by atoms with Crippen LogP contribution in [0.1, 0.15) is 17.5 Å². The molecule has 1 aromatic carbocycles. The lowest BCUT2D eigenvalue weighted by Crippen LogP contribution is -2.31. The van der Waals surface area contributed by atoms with Crippen molar-refractivity contribution in [2.45, 2.75) is 25.2 Å². The van der Waals surface area contributed by atoms with Crippen LogP contribution in [0.5, 0.6) is 5.75 Å². The lowest BCUT2D eigenvalue weighted by atomic mass is 10.1. The van der Waals surface area contributed by atoms with Crippen LogP contribution in [0.4, 0.5) is 0 Å². The van der Waals surface area contributed by atoms with Crippen molar-refractivity contribution in [3.05, 3.63) is 23.3 Å². The number of nitrogens with zero attached hydrogens (tertiary/aromatic N) is 1. The minimum atomic E-state index is -3.65. The molecule has 0 aromatic heterocycles. The molecule has 1 rings (SSSR count). The summed E-state index contributed by atoms with van der Waals surface area (Å²) in [7, 11) is -0.690. The van der Waals surface area contributed by atoms with E-state index in [1.165, 1.54) is 14.2 Å². The summed E-state index contributed by atoms with van der Waals surface area (Å²) in [5.74, 6) is 0.0777. The number of ether oxygens (including phenoxy) is 1. The van der Waals surface area contributed by atoms with Crippen LogP contribution in [0.2, 0.25) is 0 Å². The molecule has 1 amide bonds. The zero-order valence-electron chi connectivity index (χ0n) is 12.1. The van der Waals surface area contributed by atoms with Crippen LogP contribution >= 0.6 is 0 Å². The molecule has 0 unspecified atom stereocenters. The minimum Gasteiger partial charge on any atom is -0.497 e. The van der Waals surface area contributed by atoms with Gasteiger partial charge in [-0.05, 0) is 37.1 Å². The Morgan fingerprint density at radius 3 is 2.20 bits per heavy atom. The average Bonchev–Trinajstić information content (AvgIpc) is 2.34. The number of methoxy groups -OCH3 is 1.